The van der Waals surface area contributed by atoms with Gasteiger partial charge in [-0.2, -0.15) is 0 Å². The van der Waals surface area contributed by atoms with Gasteiger partial charge in [-0.1, -0.05) is 48.5 Å². The van der Waals surface area contributed by atoms with Crippen molar-refractivity contribution in [2.45, 2.75) is 19.3 Å². The van der Waals surface area contributed by atoms with Crippen molar-refractivity contribution in [2.24, 2.45) is 0 Å². The molecular formula is C29H30N2O5. The predicted octanol–water partition coefficient (Wildman–Crippen LogP) is 4.22. The summed E-state index contributed by atoms with van der Waals surface area (Å²) in [6.07, 6.45) is 3.95. The number of rotatable bonds is 10. The molecule has 0 bridgehead atoms. The Kier molecular flexibility index (Phi) is 8.34. The summed E-state index contributed by atoms with van der Waals surface area (Å²) in [4.78, 5) is 38.5. The number of hydrogen-bond donors (Lipinski definition) is 1. The molecule has 1 N–H and O–H groups in total. The second-order valence-corrected chi connectivity index (χ2v) is 8.64. The lowest BCUT2D eigenvalue weighted by molar-refractivity contribution is -0.127. The van der Waals surface area contributed by atoms with Gasteiger partial charge in [-0.3, -0.25) is 9.59 Å². The summed E-state index contributed by atoms with van der Waals surface area (Å²) in [5, 5.41) is 4.98. The molecule has 1 saturated heterocycles. The maximum absolute atomic E-state index is 13.1. The second kappa shape index (κ2) is 12.0. The standard InChI is InChI=1S/C29H30N2O5/c1-35-29(34)23-14-12-21(13-15-23)19-24(28(33)30-16-6-18-31-17-5-11-27(31)32)20-36-26-10-4-8-22-7-2-3-9-25(22)26/h2-4,7-10,12-15,19H,5-6,11,16-18,20H2,1H3,(H,30,33). The summed E-state index contributed by atoms with van der Waals surface area (Å²) in [5.41, 5.74) is 1.65. The maximum atomic E-state index is 13.1. The van der Waals surface area contributed by atoms with Crippen LogP contribution in [0.4, 0.5) is 0 Å². The Balaban J connectivity index is 1.47. The first-order valence-electron chi connectivity index (χ1n) is 12.1. The van der Waals surface area contributed by atoms with Gasteiger partial charge in [-0.15, -0.1) is 0 Å². The van der Waals surface area contributed by atoms with Gasteiger partial charge in [0.15, 0.2) is 0 Å². The molecule has 1 aliphatic heterocycles. The van der Waals surface area contributed by atoms with Gasteiger partial charge in [0.05, 0.1) is 18.2 Å². The lowest BCUT2D eigenvalue weighted by Gasteiger charge is -2.16. The number of amides is 2. The molecule has 1 fully saturated rings. The average molecular weight is 487 g/mol. The second-order valence-electron chi connectivity index (χ2n) is 8.64. The first kappa shape index (κ1) is 25.0. The van der Waals surface area contributed by atoms with Gasteiger partial charge in [0.2, 0.25) is 5.91 Å². The van der Waals surface area contributed by atoms with Crippen LogP contribution in [-0.2, 0) is 14.3 Å². The van der Waals surface area contributed by atoms with Gasteiger partial charge in [0.1, 0.15) is 12.4 Å². The molecule has 0 aromatic heterocycles. The third-order valence-electron chi connectivity index (χ3n) is 6.16. The van der Waals surface area contributed by atoms with E-state index in [1.54, 1.807) is 30.3 Å². The van der Waals surface area contributed by atoms with E-state index < -0.39 is 5.97 Å². The number of fused-ring (bicyclic) bond motifs is 1. The molecule has 3 aromatic carbocycles. The summed E-state index contributed by atoms with van der Waals surface area (Å²) in [7, 11) is 1.34. The zero-order chi connectivity index (χ0) is 25.3. The van der Waals surface area contributed by atoms with E-state index >= 15 is 0 Å². The number of benzene rings is 3. The molecule has 0 atom stereocenters. The molecular weight excluding hydrogens is 456 g/mol. The minimum atomic E-state index is -0.417. The lowest BCUT2D eigenvalue weighted by Crippen LogP contribution is -2.32. The monoisotopic (exact) mass is 486 g/mol. The summed E-state index contributed by atoms with van der Waals surface area (Å²) in [6, 6.07) is 20.6. The maximum Gasteiger partial charge on any atom is 0.337 e. The van der Waals surface area contributed by atoms with Crippen LogP contribution < -0.4 is 10.1 Å². The molecule has 0 unspecified atom stereocenters. The Labute approximate surface area is 210 Å². The number of carbonyl (C=O) groups excluding carboxylic acids is 3. The van der Waals surface area contributed by atoms with Gasteiger partial charge in [0.25, 0.3) is 5.91 Å². The molecule has 3 aromatic rings. The minimum absolute atomic E-state index is 0.0726. The van der Waals surface area contributed by atoms with Crippen molar-refractivity contribution in [3.63, 3.8) is 0 Å². The van der Waals surface area contributed by atoms with Crippen LogP contribution in [0.1, 0.15) is 35.2 Å². The van der Waals surface area contributed by atoms with E-state index in [1.807, 2.05) is 47.4 Å². The van der Waals surface area contributed by atoms with Crippen LogP contribution in [0.3, 0.4) is 0 Å². The zero-order valence-electron chi connectivity index (χ0n) is 20.4. The van der Waals surface area contributed by atoms with Crippen LogP contribution in [0.2, 0.25) is 0 Å². The quantitative estimate of drug-likeness (QED) is 0.264. The Morgan fingerprint density at radius 2 is 1.81 bits per heavy atom. The minimum Gasteiger partial charge on any atom is -0.488 e. The van der Waals surface area contributed by atoms with Crippen molar-refractivity contribution in [3.05, 3.63) is 83.4 Å². The van der Waals surface area contributed by atoms with E-state index in [9.17, 15) is 14.4 Å². The number of methoxy groups -OCH3 is 1. The van der Waals surface area contributed by atoms with E-state index in [4.69, 9.17) is 9.47 Å². The Hall–Kier alpha value is -4.13. The van der Waals surface area contributed by atoms with Crippen molar-refractivity contribution >= 4 is 34.6 Å². The highest BCUT2D eigenvalue weighted by molar-refractivity contribution is 5.98. The number of hydrogen-bond acceptors (Lipinski definition) is 5. The molecule has 4 rings (SSSR count). The van der Waals surface area contributed by atoms with Gasteiger partial charge in [-0.05, 0) is 48.1 Å². The van der Waals surface area contributed by atoms with Crippen LogP contribution >= 0.6 is 0 Å². The molecule has 0 spiro atoms. The van der Waals surface area contributed by atoms with Crippen LogP contribution in [0.5, 0.6) is 5.75 Å². The fraction of sp³-hybridized carbons (Fsp3) is 0.276. The van der Waals surface area contributed by atoms with Crippen LogP contribution in [-0.4, -0.2) is 56.0 Å². The molecule has 1 heterocycles. The van der Waals surface area contributed by atoms with Crippen molar-refractivity contribution in [2.75, 3.05) is 33.4 Å². The van der Waals surface area contributed by atoms with E-state index in [0.29, 0.717) is 42.8 Å². The first-order valence-corrected chi connectivity index (χ1v) is 12.1. The topological polar surface area (TPSA) is 84.9 Å². The van der Waals surface area contributed by atoms with Gasteiger partial charge in [0, 0.05) is 31.4 Å². The van der Waals surface area contributed by atoms with Crippen molar-refractivity contribution < 1.29 is 23.9 Å². The molecule has 2 amide bonds. The smallest absolute Gasteiger partial charge is 0.337 e. The van der Waals surface area contributed by atoms with E-state index in [2.05, 4.69) is 5.32 Å². The van der Waals surface area contributed by atoms with Crippen LogP contribution in [0, 0.1) is 0 Å². The summed E-state index contributed by atoms with van der Waals surface area (Å²) < 4.78 is 10.9. The molecule has 7 nitrogen and oxygen atoms in total. The van der Waals surface area contributed by atoms with Crippen molar-refractivity contribution in [3.8, 4) is 5.75 Å². The molecule has 7 heteroatoms. The molecule has 0 saturated carbocycles. The van der Waals surface area contributed by atoms with Gasteiger partial charge >= 0.3 is 5.97 Å². The first-order chi connectivity index (χ1) is 17.5. The van der Waals surface area contributed by atoms with E-state index in [-0.39, 0.29) is 18.4 Å². The highest BCUT2D eigenvalue weighted by atomic mass is 16.5. The van der Waals surface area contributed by atoms with Gasteiger partial charge < -0.3 is 19.7 Å². The Morgan fingerprint density at radius 1 is 1.03 bits per heavy atom. The fourth-order valence-corrected chi connectivity index (χ4v) is 4.21. The number of carbonyl (C=O) groups is 3. The van der Waals surface area contributed by atoms with Crippen LogP contribution in [0.25, 0.3) is 16.8 Å². The van der Waals surface area contributed by atoms with Crippen molar-refractivity contribution in [1.29, 1.82) is 0 Å². The van der Waals surface area contributed by atoms with E-state index in [0.717, 1.165) is 29.3 Å². The number of ether oxygens (including phenoxy) is 2. The number of nitrogens with zero attached hydrogens (tertiary/aromatic N) is 1. The third-order valence-corrected chi connectivity index (χ3v) is 6.16. The highest BCUT2D eigenvalue weighted by Gasteiger charge is 2.19. The number of nitrogens with one attached hydrogen (secondary N) is 1. The largest absolute Gasteiger partial charge is 0.488 e. The predicted molar refractivity (Wildman–Crippen MR) is 139 cm³/mol. The summed E-state index contributed by atoms with van der Waals surface area (Å²) >= 11 is 0. The fourth-order valence-electron chi connectivity index (χ4n) is 4.21. The number of likely N-dealkylation sites (tertiary alicyclic amines) is 1. The molecule has 1 aliphatic rings. The highest BCUT2D eigenvalue weighted by Crippen LogP contribution is 2.25. The van der Waals surface area contributed by atoms with Gasteiger partial charge in [-0.25, -0.2) is 4.79 Å². The SMILES string of the molecule is COC(=O)c1ccc(C=C(COc2cccc3ccccc23)C(=O)NCCCN2CCCC2=O)cc1. The molecule has 36 heavy (non-hydrogen) atoms. The number of esters is 1. The molecule has 0 radical (unpaired) electrons. The zero-order valence-corrected chi connectivity index (χ0v) is 20.4. The third kappa shape index (κ3) is 6.30. The Morgan fingerprint density at radius 3 is 2.56 bits per heavy atom. The Bertz CT molecular complexity index is 1260. The summed E-state index contributed by atoms with van der Waals surface area (Å²) in [6.45, 7) is 1.96. The summed E-state index contributed by atoms with van der Waals surface area (Å²) in [5.74, 6) is 0.223. The van der Waals surface area contributed by atoms with Crippen LogP contribution in [0.15, 0.2) is 72.3 Å². The van der Waals surface area contributed by atoms with E-state index in [1.165, 1.54) is 7.11 Å². The molecule has 186 valence electrons. The molecule has 0 aliphatic carbocycles. The normalized spacial score (nSPS) is 13.6. The van der Waals surface area contributed by atoms with Crippen molar-refractivity contribution in [1.82, 2.24) is 10.2 Å². The lowest BCUT2D eigenvalue weighted by atomic mass is 10.1. The average Bonchev–Trinajstić information content (AvgIpc) is 3.33.